The molecule has 0 saturated carbocycles. The lowest BCUT2D eigenvalue weighted by Gasteiger charge is -2.30. The Hall–Kier alpha value is -1.02. The van der Waals surface area contributed by atoms with Crippen LogP contribution in [0, 0.1) is 16.7 Å². The highest BCUT2D eigenvalue weighted by molar-refractivity contribution is 5.47. The first-order valence-corrected chi connectivity index (χ1v) is 8.62. The van der Waals surface area contributed by atoms with Gasteiger partial charge >= 0.3 is 0 Å². The highest BCUT2D eigenvalue weighted by Crippen LogP contribution is 2.40. The Morgan fingerprint density at radius 1 is 1.14 bits per heavy atom. The molecule has 1 aliphatic carbocycles. The molecule has 1 aliphatic rings. The Labute approximate surface area is 136 Å². The summed E-state index contributed by atoms with van der Waals surface area (Å²) in [5.41, 5.74) is 4.64. The van der Waals surface area contributed by atoms with Crippen molar-refractivity contribution in [2.24, 2.45) is 22.6 Å². The van der Waals surface area contributed by atoms with Gasteiger partial charge in [-0.15, -0.1) is 0 Å². The number of rotatable bonds is 2. The lowest BCUT2D eigenvalue weighted by Crippen LogP contribution is -2.22. The Morgan fingerprint density at radius 3 is 2.36 bits per heavy atom. The molecule has 2 nitrogen and oxygen atoms in total. The minimum Gasteiger partial charge on any atom is -0.411 e. The quantitative estimate of drug-likeness (QED) is 0.611. The molecule has 22 heavy (non-hydrogen) atoms. The van der Waals surface area contributed by atoms with Crippen LogP contribution in [-0.4, -0.2) is 0 Å². The minimum absolute atomic E-state index is 0.236. The van der Waals surface area contributed by atoms with Gasteiger partial charge in [0.25, 0.3) is 0 Å². The molecule has 1 unspecified atom stereocenters. The normalized spacial score (nSPS) is 19.5. The summed E-state index contributed by atoms with van der Waals surface area (Å²) in [5.74, 6) is 7.34. The van der Waals surface area contributed by atoms with Gasteiger partial charge in [-0.3, -0.25) is 0 Å². The van der Waals surface area contributed by atoms with E-state index >= 15 is 0 Å². The van der Waals surface area contributed by atoms with Crippen molar-refractivity contribution >= 4 is 0 Å². The molecule has 2 N–H and O–H groups in total. The van der Waals surface area contributed by atoms with E-state index in [0.29, 0.717) is 5.41 Å². The summed E-state index contributed by atoms with van der Waals surface area (Å²) in [6.07, 6.45) is 5.74. The standard InChI is InChI=1S/C20H33NO/c1-19(2,3)13-15-11-10-14-12-16(20(4,5)6)8-7-9-17(14)18(15)22-21/h10-11,16H,7-9,12-13,21H2,1-6H3. The van der Waals surface area contributed by atoms with Crippen molar-refractivity contribution in [1.29, 1.82) is 0 Å². The maximum atomic E-state index is 5.67. The zero-order chi connectivity index (χ0) is 16.5. The minimum atomic E-state index is 0.236. The van der Waals surface area contributed by atoms with Crippen LogP contribution in [0.5, 0.6) is 5.75 Å². The van der Waals surface area contributed by atoms with Gasteiger partial charge in [-0.05, 0) is 60.0 Å². The summed E-state index contributed by atoms with van der Waals surface area (Å²) in [6, 6.07) is 4.56. The fraction of sp³-hybridized carbons (Fsp3) is 0.700. The van der Waals surface area contributed by atoms with Crippen LogP contribution in [-0.2, 0) is 19.3 Å². The molecule has 124 valence electrons. The topological polar surface area (TPSA) is 35.2 Å². The lowest BCUT2D eigenvalue weighted by molar-refractivity contribution is 0.224. The fourth-order valence-electron chi connectivity index (χ4n) is 3.67. The van der Waals surface area contributed by atoms with Gasteiger partial charge in [0.2, 0.25) is 0 Å². The van der Waals surface area contributed by atoms with E-state index in [4.69, 9.17) is 10.7 Å². The van der Waals surface area contributed by atoms with Gasteiger partial charge in [-0.2, -0.15) is 5.90 Å². The molecule has 0 spiro atoms. The van der Waals surface area contributed by atoms with Crippen LogP contribution in [0.4, 0.5) is 0 Å². The highest BCUT2D eigenvalue weighted by atomic mass is 16.6. The first-order chi connectivity index (χ1) is 10.1. The monoisotopic (exact) mass is 303 g/mol. The SMILES string of the molecule is CC(C)(C)Cc1ccc2c(c1ON)CCCC(C(C)(C)C)C2. The van der Waals surface area contributed by atoms with Crippen molar-refractivity contribution in [2.45, 2.75) is 73.6 Å². The smallest absolute Gasteiger partial charge is 0.153 e. The van der Waals surface area contributed by atoms with Crippen molar-refractivity contribution in [3.8, 4) is 5.75 Å². The van der Waals surface area contributed by atoms with E-state index in [1.807, 2.05) is 0 Å². The van der Waals surface area contributed by atoms with Crippen LogP contribution in [0.3, 0.4) is 0 Å². The molecular formula is C20H33NO. The highest BCUT2D eigenvalue weighted by Gasteiger charge is 2.29. The summed E-state index contributed by atoms with van der Waals surface area (Å²) in [5, 5.41) is 0. The number of fused-ring (bicyclic) bond motifs is 1. The number of hydrogen-bond acceptors (Lipinski definition) is 2. The van der Waals surface area contributed by atoms with E-state index in [0.717, 1.165) is 30.9 Å². The summed E-state index contributed by atoms with van der Waals surface area (Å²) in [7, 11) is 0. The molecule has 0 aliphatic heterocycles. The van der Waals surface area contributed by atoms with Crippen molar-refractivity contribution in [1.82, 2.24) is 0 Å². The molecule has 0 saturated heterocycles. The summed E-state index contributed by atoms with van der Waals surface area (Å²) < 4.78 is 0. The van der Waals surface area contributed by atoms with E-state index in [-0.39, 0.29) is 5.41 Å². The van der Waals surface area contributed by atoms with Gasteiger partial charge in [0.05, 0.1) is 0 Å². The fourth-order valence-corrected chi connectivity index (χ4v) is 3.67. The maximum Gasteiger partial charge on any atom is 0.153 e. The predicted octanol–water partition coefficient (Wildman–Crippen LogP) is 5.07. The van der Waals surface area contributed by atoms with E-state index in [1.165, 1.54) is 29.5 Å². The maximum absolute atomic E-state index is 5.67. The molecule has 1 aromatic rings. The average molecular weight is 303 g/mol. The van der Waals surface area contributed by atoms with Crippen LogP contribution < -0.4 is 10.7 Å². The molecule has 0 amide bonds. The second kappa shape index (κ2) is 6.23. The zero-order valence-electron chi connectivity index (χ0n) is 15.3. The van der Waals surface area contributed by atoms with Crippen molar-refractivity contribution in [3.05, 3.63) is 28.8 Å². The van der Waals surface area contributed by atoms with Crippen LogP contribution >= 0.6 is 0 Å². The molecule has 0 fully saturated rings. The Balaban J connectivity index is 2.39. The molecule has 0 bridgehead atoms. The average Bonchev–Trinajstić information content (AvgIpc) is 2.58. The lowest BCUT2D eigenvalue weighted by atomic mass is 9.75. The largest absolute Gasteiger partial charge is 0.411 e. The third kappa shape index (κ3) is 4.04. The van der Waals surface area contributed by atoms with Gasteiger partial charge in [0.1, 0.15) is 0 Å². The molecular weight excluding hydrogens is 270 g/mol. The van der Waals surface area contributed by atoms with E-state index < -0.39 is 0 Å². The Bertz CT molecular complexity index is 520. The van der Waals surface area contributed by atoms with E-state index in [1.54, 1.807) is 0 Å². The van der Waals surface area contributed by atoms with Crippen LogP contribution in [0.25, 0.3) is 0 Å². The molecule has 1 aromatic carbocycles. The van der Waals surface area contributed by atoms with Gasteiger partial charge in [0.15, 0.2) is 5.75 Å². The summed E-state index contributed by atoms with van der Waals surface area (Å²) in [4.78, 5) is 5.37. The van der Waals surface area contributed by atoms with Gasteiger partial charge in [-0.25, -0.2) is 0 Å². The van der Waals surface area contributed by atoms with Gasteiger partial charge in [-0.1, -0.05) is 53.7 Å². The van der Waals surface area contributed by atoms with Crippen molar-refractivity contribution in [2.75, 3.05) is 0 Å². The summed E-state index contributed by atoms with van der Waals surface area (Å²) >= 11 is 0. The first kappa shape index (κ1) is 17.3. The predicted molar refractivity (Wildman–Crippen MR) is 94.0 cm³/mol. The van der Waals surface area contributed by atoms with E-state index in [2.05, 4.69) is 53.7 Å². The second-order valence-electron chi connectivity index (χ2n) is 9.21. The van der Waals surface area contributed by atoms with E-state index in [9.17, 15) is 0 Å². The third-order valence-electron chi connectivity index (χ3n) is 4.95. The molecule has 2 heteroatoms. The van der Waals surface area contributed by atoms with Gasteiger partial charge in [0, 0.05) is 5.56 Å². The molecule has 0 aromatic heterocycles. The zero-order valence-corrected chi connectivity index (χ0v) is 15.3. The number of hydrogen-bond donors (Lipinski definition) is 1. The van der Waals surface area contributed by atoms with Gasteiger partial charge < -0.3 is 4.84 Å². The molecule has 0 heterocycles. The Morgan fingerprint density at radius 2 is 1.82 bits per heavy atom. The Kier molecular flexibility index (Phi) is 4.91. The number of nitrogens with two attached hydrogens (primary N) is 1. The summed E-state index contributed by atoms with van der Waals surface area (Å²) in [6.45, 7) is 13.8. The third-order valence-corrected chi connectivity index (χ3v) is 4.95. The van der Waals surface area contributed by atoms with Crippen LogP contribution in [0.1, 0.15) is 71.1 Å². The van der Waals surface area contributed by atoms with Crippen molar-refractivity contribution in [3.63, 3.8) is 0 Å². The second-order valence-corrected chi connectivity index (χ2v) is 9.21. The molecule has 1 atom stereocenters. The number of benzene rings is 1. The first-order valence-electron chi connectivity index (χ1n) is 8.62. The van der Waals surface area contributed by atoms with Crippen molar-refractivity contribution < 1.29 is 4.84 Å². The van der Waals surface area contributed by atoms with Crippen LogP contribution in [0.15, 0.2) is 12.1 Å². The van der Waals surface area contributed by atoms with Crippen LogP contribution in [0.2, 0.25) is 0 Å². The molecule has 2 rings (SSSR count). The molecule has 0 radical (unpaired) electrons.